The highest BCUT2D eigenvalue weighted by molar-refractivity contribution is 7.90. The lowest BCUT2D eigenvalue weighted by Crippen LogP contribution is -2.38. The van der Waals surface area contributed by atoms with E-state index in [9.17, 15) is 23.3 Å². The van der Waals surface area contributed by atoms with Gasteiger partial charge in [-0.1, -0.05) is 32.9 Å². The van der Waals surface area contributed by atoms with Crippen LogP contribution >= 0.6 is 0 Å². The zero-order valence-electron chi connectivity index (χ0n) is 15.9. The molecule has 0 heterocycles. The number of nitro benzene ring substituents is 1. The highest BCUT2D eigenvalue weighted by atomic mass is 32.2. The van der Waals surface area contributed by atoms with Crippen molar-refractivity contribution in [2.75, 3.05) is 12.0 Å². The molecule has 0 aliphatic carbocycles. The second kappa shape index (κ2) is 8.62. The molecule has 1 aromatic carbocycles. The van der Waals surface area contributed by atoms with Gasteiger partial charge in [0.05, 0.1) is 10.7 Å². The van der Waals surface area contributed by atoms with E-state index in [4.69, 9.17) is 4.74 Å². The van der Waals surface area contributed by atoms with Crippen molar-refractivity contribution in [3.8, 4) is 0 Å². The number of hydrogen-bond acceptors (Lipinski definition) is 6. The number of hydrogen-bond donors (Lipinski definition) is 0. The minimum absolute atomic E-state index is 0.00895. The van der Waals surface area contributed by atoms with Gasteiger partial charge in [-0.15, -0.1) is 0 Å². The maximum absolute atomic E-state index is 11.5. The summed E-state index contributed by atoms with van der Waals surface area (Å²) in [6.07, 6.45) is 1.33. The van der Waals surface area contributed by atoms with Crippen LogP contribution in [-0.2, 0) is 25.8 Å². The van der Waals surface area contributed by atoms with Crippen LogP contribution in [0.25, 0.3) is 0 Å². The van der Waals surface area contributed by atoms with E-state index in [1.54, 1.807) is 12.1 Å². The minimum Gasteiger partial charge on any atom is -0.462 e. The molecule has 0 N–H and O–H groups in total. The van der Waals surface area contributed by atoms with Crippen molar-refractivity contribution in [3.63, 3.8) is 0 Å². The molecular weight excluding hydrogens is 358 g/mol. The first-order valence-corrected chi connectivity index (χ1v) is 10.4. The van der Waals surface area contributed by atoms with E-state index < -0.39 is 26.8 Å². The Labute approximate surface area is 154 Å². The maximum Gasteiger partial charge on any atom is 0.302 e. The third-order valence-corrected chi connectivity index (χ3v) is 5.23. The first-order valence-electron chi connectivity index (χ1n) is 8.38. The van der Waals surface area contributed by atoms with Crippen molar-refractivity contribution in [2.45, 2.75) is 46.6 Å². The van der Waals surface area contributed by atoms with E-state index in [2.05, 4.69) is 0 Å². The molecule has 7 nitrogen and oxygen atoms in total. The zero-order chi connectivity index (χ0) is 20.1. The molecule has 0 saturated heterocycles. The molecule has 0 aliphatic rings. The number of rotatable bonds is 8. The van der Waals surface area contributed by atoms with E-state index >= 15 is 0 Å². The van der Waals surface area contributed by atoms with Crippen molar-refractivity contribution in [3.05, 3.63) is 39.9 Å². The van der Waals surface area contributed by atoms with E-state index in [-0.39, 0.29) is 29.2 Å². The molecule has 2 atom stereocenters. The van der Waals surface area contributed by atoms with Gasteiger partial charge in [-0.25, -0.2) is 8.42 Å². The summed E-state index contributed by atoms with van der Waals surface area (Å²) in [7, 11) is -3.19. The number of carbonyl (C=O) groups excluding carboxylic acids is 1. The summed E-state index contributed by atoms with van der Waals surface area (Å²) in [6, 6.07) is 6.23. The van der Waals surface area contributed by atoms with E-state index in [1.807, 2.05) is 20.8 Å². The topological polar surface area (TPSA) is 104 Å². The van der Waals surface area contributed by atoms with Crippen LogP contribution in [0.15, 0.2) is 24.3 Å². The predicted octanol–water partition coefficient (Wildman–Crippen LogP) is 3.17. The van der Waals surface area contributed by atoms with Crippen LogP contribution < -0.4 is 0 Å². The van der Waals surface area contributed by atoms with E-state index in [1.165, 1.54) is 19.1 Å². The molecule has 26 heavy (non-hydrogen) atoms. The molecule has 0 fully saturated rings. The summed E-state index contributed by atoms with van der Waals surface area (Å²) in [5.74, 6) is -0.673. The third-order valence-electron chi connectivity index (χ3n) is 4.25. The number of non-ortho nitro benzene ring substituents is 1. The Balaban J connectivity index is 3.10. The number of carbonyl (C=O) groups is 1. The zero-order valence-corrected chi connectivity index (χ0v) is 16.7. The Hall–Kier alpha value is -1.96. The number of esters is 1. The fourth-order valence-electron chi connectivity index (χ4n) is 2.89. The second-order valence-electron chi connectivity index (χ2n) is 7.67. The molecule has 2 unspecified atom stereocenters. The molecule has 0 aromatic heterocycles. The normalized spacial score (nSPS) is 14.5. The average Bonchev–Trinajstić information content (AvgIpc) is 2.47. The lowest BCUT2D eigenvalue weighted by atomic mass is 9.73. The summed E-state index contributed by atoms with van der Waals surface area (Å²) >= 11 is 0. The summed E-state index contributed by atoms with van der Waals surface area (Å²) in [6.45, 7) is 7.30. The van der Waals surface area contributed by atoms with E-state index in [0.29, 0.717) is 6.42 Å². The first-order chi connectivity index (χ1) is 11.8. The van der Waals surface area contributed by atoms with Crippen LogP contribution in [0.2, 0.25) is 0 Å². The molecular formula is C18H27NO6S. The fraction of sp³-hybridized carbons (Fsp3) is 0.611. The highest BCUT2D eigenvalue weighted by Gasteiger charge is 2.35. The molecule has 0 aliphatic heterocycles. The van der Waals surface area contributed by atoms with Gasteiger partial charge in [0, 0.05) is 31.2 Å². The quantitative estimate of drug-likeness (QED) is 0.387. The summed E-state index contributed by atoms with van der Waals surface area (Å²) in [5, 5.41) is 10.8. The highest BCUT2D eigenvalue weighted by Crippen LogP contribution is 2.35. The van der Waals surface area contributed by atoms with Gasteiger partial charge in [-0.3, -0.25) is 14.9 Å². The molecule has 0 bridgehead atoms. The van der Waals surface area contributed by atoms with Gasteiger partial charge in [-0.05, 0) is 23.8 Å². The van der Waals surface area contributed by atoms with Gasteiger partial charge in [0.25, 0.3) is 5.69 Å². The Morgan fingerprint density at radius 3 is 2.15 bits per heavy atom. The maximum atomic E-state index is 11.5. The monoisotopic (exact) mass is 385 g/mol. The summed E-state index contributed by atoms with van der Waals surface area (Å²) in [4.78, 5) is 21.9. The Bertz CT molecular complexity index is 734. The average molecular weight is 385 g/mol. The largest absolute Gasteiger partial charge is 0.462 e. The number of sulfone groups is 1. The Morgan fingerprint density at radius 1 is 1.23 bits per heavy atom. The summed E-state index contributed by atoms with van der Waals surface area (Å²) in [5.41, 5.74) is 0.612. The Kier molecular flexibility index (Phi) is 7.32. The predicted molar refractivity (Wildman–Crippen MR) is 99.6 cm³/mol. The van der Waals surface area contributed by atoms with Crippen molar-refractivity contribution in [1.82, 2.24) is 0 Å². The van der Waals surface area contributed by atoms with E-state index in [0.717, 1.165) is 11.8 Å². The molecule has 146 valence electrons. The van der Waals surface area contributed by atoms with Crippen LogP contribution in [0.3, 0.4) is 0 Å². The number of nitro groups is 1. The van der Waals surface area contributed by atoms with Gasteiger partial charge < -0.3 is 4.74 Å². The number of nitrogens with zero attached hydrogens (tertiary/aromatic N) is 1. The summed E-state index contributed by atoms with van der Waals surface area (Å²) < 4.78 is 28.6. The third kappa shape index (κ3) is 7.51. The molecule has 1 rings (SSSR count). The van der Waals surface area contributed by atoms with Crippen molar-refractivity contribution < 1.29 is 22.9 Å². The number of ether oxygens (including phenoxy) is 1. The second-order valence-corrected chi connectivity index (χ2v) is 9.93. The van der Waals surface area contributed by atoms with Gasteiger partial charge in [-0.2, -0.15) is 0 Å². The SMILES string of the molecule is CC(=O)OC(CCS(C)(=O)=O)C(Cc1ccc([N+](=O)[O-])cc1)C(C)(C)C. The van der Waals surface area contributed by atoms with Crippen molar-refractivity contribution in [1.29, 1.82) is 0 Å². The smallest absolute Gasteiger partial charge is 0.302 e. The molecule has 0 spiro atoms. The Morgan fingerprint density at radius 2 is 1.77 bits per heavy atom. The van der Waals surface area contributed by atoms with Crippen molar-refractivity contribution in [2.24, 2.45) is 11.3 Å². The van der Waals surface area contributed by atoms with Gasteiger partial charge >= 0.3 is 5.97 Å². The lowest BCUT2D eigenvalue weighted by molar-refractivity contribution is -0.384. The molecule has 0 amide bonds. The fourth-order valence-corrected chi connectivity index (χ4v) is 3.55. The van der Waals surface area contributed by atoms with Gasteiger partial charge in [0.15, 0.2) is 0 Å². The van der Waals surface area contributed by atoms with Crippen molar-refractivity contribution >= 4 is 21.5 Å². The first kappa shape index (κ1) is 22.1. The minimum atomic E-state index is -3.19. The van der Waals surface area contributed by atoms with Gasteiger partial charge in [0.1, 0.15) is 15.9 Å². The standard InChI is InChI=1S/C18H27NO6S/c1-13(20)25-17(10-11-26(5,23)24)16(18(2,3)4)12-14-6-8-15(9-7-14)19(21)22/h6-9,16-17H,10-12H2,1-5H3. The molecule has 1 aromatic rings. The molecule has 8 heteroatoms. The molecule has 0 saturated carbocycles. The van der Waals surface area contributed by atoms with Crippen LogP contribution in [0, 0.1) is 21.4 Å². The lowest BCUT2D eigenvalue weighted by Gasteiger charge is -2.36. The van der Waals surface area contributed by atoms with Crippen LogP contribution in [-0.4, -0.2) is 37.4 Å². The van der Waals surface area contributed by atoms with Crippen LogP contribution in [0.5, 0.6) is 0 Å². The van der Waals surface area contributed by atoms with Gasteiger partial charge in [0.2, 0.25) is 0 Å². The van der Waals surface area contributed by atoms with Crippen LogP contribution in [0.4, 0.5) is 5.69 Å². The van der Waals surface area contributed by atoms with Crippen LogP contribution in [0.1, 0.15) is 39.7 Å². The molecule has 0 radical (unpaired) electrons. The number of benzene rings is 1.